The first-order chi connectivity index (χ1) is 8.37. The number of hydrogen-bond donors (Lipinski definition) is 0. The molecule has 1 aliphatic carbocycles. The van der Waals surface area contributed by atoms with Gasteiger partial charge >= 0.3 is 5.97 Å². The van der Waals surface area contributed by atoms with Gasteiger partial charge in [-0.15, -0.1) is 0 Å². The summed E-state index contributed by atoms with van der Waals surface area (Å²) in [6.45, 7) is 9.80. The predicted octanol–water partition coefficient (Wildman–Crippen LogP) is 4.56. The van der Waals surface area contributed by atoms with E-state index in [4.69, 9.17) is 4.74 Å². The summed E-state index contributed by atoms with van der Waals surface area (Å²) >= 11 is 0. The van der Waals surface area contributed by atoms with Gasteiger partial charge in [0.1, 0.15) is 5.60 Å². The number of carbonyl (C=O) groups is 1. The van der Waals surface area contributed by atoms with E-state index >= 15 is 0 Å². The van der Waals surface area contributed by atoms with Crippen LogP contribution in [0.3, 0.4) is 0 Å². The number of hydrogen-bond acceptors (Lipinski definition) is 2. The summed E-state index contributed by atoms with van der Waals surface area (Å²) in [6.07, 6.45) is 9.21. The van der Waals surface area contributed by atoms with Gasteiger partial charge < -0.3 is 4.74 Å². The highest BCUT2D eigenvalue weighted by molar-refractivity contribution is 5.72. The number of carbonyl (C=O) groups excluding carboxylic acids is 1. The van der Waals surface area contributed by atoms with Crippen LogP contribution in [0.25, 0.3) is 0 Å². The van der Waals surface area contributed by atoms with Gasteiger partial charge in [0.2, 0.25) is 0 Å². The van der Waals surface area contributed by atoms with Crippen LogP contribution in [-0.4, -0.2) is 11.6 Å². The molecule has 2 nitrogen and oxygen atoms in total. The van der Waals surface area contributed by atoms with Crippen LogP contribution in [0.15, 0.2) is 23.8 Å². The van der Waals surface area contributed by atoms with E-state index in [1.165, 1.54) is 17.6 Å². The Morgan fingerprint density at radius 2 is 1.94 bits per heavy atom. The highest BCUT2D eigenvalue weighted by Gasteiger charge is 2.17. The summed E-state index contributed by atoms with van der Waals surface area (Å²) in [5, 5.41) is 0. The van der Waals surface area contributed by atoms with Gasteiger partial charge in [0.15, 0.2) is 0 Å². The van der Waals surface area contributed by atoms with E-state index in [0.29, 0.717) is 6.42 Å². The minimum absolute atomic E-state index is 0.105. The van der Waals surface area contributed by atoms with Crippen molar-refractivity contribution in [1.29, 1.82) is 0 Å². The van der Waals surface area contributed by atoms with E-state index in [9.17, 15) is 4.79 Å². The molecule has 18 heavy (non-hydrogen) atoms. The third-order valence-electron chi connectivity index (χ3n) is 3.00. The van der Waals surface area contributed by atoms with E-state index in [0.717, 1.165) is 32.1 Å². The largest absolute Gasteiger partial charge is 0.460 e. The molecule has 0 spiro atoms. The molecule has 1 aliphatic rings. The monoisotopic (exact) mass is 250 g/mol. The average Bonchev–Trinajstić information content (AvgIpc) is 2.28. The lowest BCUT2D eigenvalue weighted by Crippen LogP contribution is -2.24. The van der Waals surface area contributed by atoms with Crippen LogP contribution in [-0.2, 0) is 9.53 Å². The topological polar surface area (TPSA) is 26.3 Å². The smallest absolute Gasteiger partial charge is 0.310 e. The van der Waals surface area contributed by atoms with Crippen molar-refractivity contribution >= 4 is 5.97 Å². The molecule has 0 saturated heterocycles. The quantitative estimate of drug-likeness (QED) is 0.530. The lowest BCUT2D eigenvalue weighted by Gasteiger charge is -2.20. The Morgan fingerprint density at radius 3 is 2.61 bits per heavy atom. The molecule has 0 fully saturated rings. The van der Waals surface area contributed by atoms with Crippen LogP contribution in [0.1, 0.15) is 65.7 Å². The summed E-state index contributed by atoms with van der Waals surface area (Å²) in [7, 11) is 0. The molecule has 0 aliphatic heterocycles. The molecule has 0 radical (unpaired) electrons. The Hall–Kier alpha value is -1.05. The molecule has 0 heterocycles. The van der Waals surface area contributed by atoms with Crippen LogP contribution < -0.4 is 0 Å². The maximum absolute atomic E-state index is 11.8. The zero-order chi connectivity index (χ0) is 13.6. The van der Waals surface area contributed by atoms with Gasteiger partial charge in [-0.3, -0.25) is 4.79 Å². The Bertz CT molecular complexity index is 331. The number of ether oxygens (including phenoxy) is 1. The molecule has 0 N–H and O–H groups in total. The molecule has 0 atom stereocenters. The fourth-order valence-electron chi connectivity index (χ4n) is 2.16. The van der Waals surface area contributed by atoms with Crippen LogP contribution in [0, 0.1) is 0 Å². The number of esters is 1. The second-order valence-corrected chi connectivity index (χ2v) is 6.12. The minimum atomic E-state index is -0.384. The van der Waals surface area contributed by atoms with Crippen molar-refractivity contribution in [2.45, 2.75) is 71.3 Å². The van der Waals surface area contributed by atoms with Crippen molar-refractivity contribution in [3.63, 3.8) is 0 Å². The number of allylic oxidation sites excluding steroid dienone is 2. The van der Waals surface area contributed by atoms with E-state index in [1.807, 2.05) is 20.8 Å². The fraction of sp³-hybridized carbons (Fsp3) is 0.688. The van der Waals surface area contributed by atoms with Gasteiger partial charge in [-0.1, -0.05) is 23.8 Å². The lowest BCUT2D eigenvalue weighted by atomic mass is 10.0. The van der Waals surface area contributed by atoms with Crippen LogP contribution in [0.5, 0.6) is 0 Å². The maximum Gasteiger partial charge on any atom is 0.310 e. The molecule has 2 heteroatoms. The molecule has 0 unspecified atom stereocenters. The summed E-state index contributed by atoms with van der Waals surface area (Å²) in [5.74, 6) is -0.105. The third-order valence-corrected chi connectivity index (χ3v) is 3.00. The van der Waals surface area contributed by atoms with Crippen LogP contribution in [0.2, 0.25) is 0 Å². The van der Waals surface area contributed by atoms with Gasteiger partial charge in [0.25, 0.3) is 0 Å². The summed E-state index contributed by atoms with van der Waals surface area (Å²) in [6, 6.07) is 0. The molecule has 0 bridgehead atoms. The maximum atomic E-state index is 11.8. The first kappa shape index (κ1) is 15.0. The molecule has 0 saturated carbocycles. The normalized spacial score (nSPS) is 18.4. The van der Waals surface area contributed by atoms with E-state index in [1.54, 1.807) is 0 Å². The fourth-order valence-corrected chi connectivity index (χ4v) is 2.16. The van der Waals surface area contributed by atoms with Crippen molar-refractivity contribution in [2.75, 3.05) is 0 Å². The molecular weight excluding hydrogens is 224 g/mol. The predicted molar refractivity (Wildman–Crippen MR) is 75.4 cm³/mol. The molecule has 102 valence electrons. The highest BCUT2D eigenvalue weighted by Crippen LogP contribution is 2.22. The highest BCUT2D eigenvalue weighted by atomic mass is 16.6. The summed E-state index contributed by atoms with van der Waals surface area (Å²) in [5.41, 5.74) is 2.19. The summed E-state index contributed by atoms with van der Waals surface area (Å²) < 4.78 is 5.37. The molecule has 0 aromatic rings. The second kappa shape index (κ2) is 6.77. The second-order valence-electron chi connectivity index (χ2n) is 6.12. The van der Waals surface area contributed by atoms with Gasteiger partial charge in [-0.25, -0.2) is 0 Å². The average molecular weight is 250 g/mol. The Kier molecular flexibility index (Phi) is 5.64. The van der Waals surface area contributed by atoms with E-state index in [-0.39, 0.29) is 11.6 Å². The zero-order valence-electron chi connectivity index (χ0n) is 12.1. The SMILES string of the molecule is C=C1CCC=C(CC(=O)OC(C)(C)C)CCCC1. The van der Waals surface area contributed by atoms with E-state index < -0.39 is 0 Å². The van der Waals surface area contributed by atoms with Gasteiger partial charge in [0.05, 0.1) is 6.42 Å². The van der Waals surface area contributed by atoms with Crippen molar-refractivity contribution < 1.29 is 9.53 Å². The van der Waals surface area contributed by atoms with Gasteiger partial charge in [0, 0.05) is 0 Å². The zero-order valence-corrected chi connectivity index (χ0v) is 12.1. The standard InChI is InChI=1S/C16H26O2/c1-13-8-5-6-10-14(11-7-9-13)12-15(17)18-16(2,3)4/h11H,1,5-10,12H2,2-4H3. The van der Waals surface area contributed by atoms with Crippen LogP contribution >= 0.6 is 0 Å². The molecule has 0 amide bonds. The van der Waals surface area contributed by atoms with Crippen molar-refractivity contribution in [1.82, 2.24) is 0 Å². The Balaban J connectivity index is 2.50. The first-order valence-electron chi connectivity index (χ1n) is 6.93. The Labute approximate surface area is 111 Å². The molecule has 0 aromatic carbocycles. The van der Waals surface area contributed by atoms with Crippen molar-refractivity contribution in [3.8, 4) is 0 Å². The molecule has 1 rings (SSSR count). The van der Waals surface area contributed by atoms with Crippen LogP contribution in [0.4, 0.5) is 0 Å². The third kappa shape index (κ3) is 6.63. The summed E-state index contributed by atoms with van der Waals surface area (Å²) in [4.78, 5) is 11.8. The van der Waals surface area contributed by atoms with Crippen molar-refractivity contribution in [2.24, 2.45) is 0 Å². The Morgan fingerprint density at radius 1 is 1.28 bits per heavy atom. The minimum Gasteiger partial charge on any atom is -0.460 e. The van der Waals surface area contributed by atoms with Crippen molar-refractivity contribution in [3.05, 3.63) is 23.8 Å². The van der Waals surface area contributed by atoms with E-state index in [2.05, 4.69) is 12.7 Å². The molecule has 0 aromatic heterocycles. The first-order valence-corrected chi connectivity index (χ1v) is 6.93. The molecular formula is C16H26O2. The van der Waals surface area contributed by atoms with Gasteiger partial charge in [-0.05, 0) is 59.3 Å². The number of rotatable bonds is 2. The lowest BCUT2D eigenvalue weighted by molar-refractivity contribution is -0.153. The van der Waals surface area contributed by atoms with Gasteiger partial charge in [-0.2, -0.15) is 0 Å².